The third-order valence-corrected chi connectivity index (χ3v) is 5.03. The van der Waals surface area contributed by atoms with E-state index in [1.54, 1.807) is 11.3 Å². The van der Waals surface area contributed by atoms with E-state index in [2.05, 4.69) is 24.1 Å². The van der Waals surface area contributed by atoms with Gasteiger partial charge in [-0.05, 0) is 44.6 Å². The lowest BCUT2D eigenvalue weighted by atomic mass is 9.76. The Morgan fingerprint density at radius 1 is 1.44 bits per heavy atom. The normalized spacial score (nSPS) is 19.0. The van der Waals surface area contributed by atoms with E-state index in [0.29, 0.717) is 5.41 Å². The highest BCUT2D eigenvalue weighted by atomic mass is 32.1. The van der Waals surface area contributed by atoms with Crippen molar-refractivity contribution in [1.82, 2.24) is 10.3 Å². The minimum atomic E-state index is 0.435. The summed E-state index contributed by atoms with van der Waals surface area (Å²) in [5.74, 6) is 0. The van der Waals surface area contributed by atoms with Gasteiger partial charge in [0.05, 0.1) is 11.2 Å². The summed E-state index contributed by atoms with van der Waals surface area (Å²) in [5.41, 5.74) is 3.61. The predicted octanol–water partition coefficient (Wildman–Crippen LogP) is 2.79. The van der Waals surface area contributed by atoms with Crippen LogP contribution < -0.4 is 5.32 Å². The molecule has 2 rings (SSSR count). The largest absolute Gasteiger partial charge is 0.381 e. The highest BCUT2D eigenvalue weighted by Gasteiger charge is 2.31. The summed E-state index contributed by atoms with van der Waals surface area (Å²) in [6, 6.07) is 0. The molecular weight excluding hydrogens is 244 g/mol. The molecule has 1 fully saturated rings. The molecule has 0 radical (unpaired) electrons. The molecule has 1 saturated heterocycles. The standard InChI is InChI=1S/C14H24N2OS/c1-3-15-10-14(6-8-17-9-7-14)5-4-13-12(2)16-11-18-13/h11,15H,3-10H2,1-2H3. The average Bonchev–Trinajstić information content (AvgIpc) is 2.81. The van der Waals surface area contributed by atoms with Crippen molar-refractivity contribution in [2.75, 3.05) is 26.3 Å². The zero-order valence-electron chi connectivity index (χ0n) is 11.5. The second-order valence-electron chi connectivity index (χ2n) is 5.25. The topological polar surface area (TPSA) is 34.2 Å². The summed E-state index contributed by atoms with van der Waals surface area (Å²) in [6.07, 6.45) is 4.81. The van der Waals surface area contributed by atoms with Crippen molar-refractivity contribution in [3.63, 3.8) is 0 Å². The third kappa shape index (κ3) is 3.53. The number of hydrogen-bond donors (Lipinski definition) is 1. The maximum Gasteiger partial charge on any atom is 0.0797 e. The van der Waals surface area contributed by atoms with Crippen molar-refractivity contribution in [2.45, 2.75) is 39.5 Å². The average molecular weight is 268 g/mol. The molecule has 0 atom stereocenters. The first-order valence-electron chi connectivity index (χ1n) is 6.93. The van der Waals surface area contributed by atoms with E-state index in [-0.39, 0.29) is 0 Å². The zero-order valence-corrected chi connectivity index (χ0v) is 12.3. The third-order valence-electron chi connectivity index (χ3n) is 4.03. The molecule has 0 spiro atoms. The summed E-state index contributed by atoms with van der Waals surface area (Å²) in [5, 5.41) is 3.54. The van der Waals surface area contributed by atoms with Crippen LogP contribution in [-0.4, -0.2) is 31.3 Å². The highest BCUT2D eigenvalue weighted by Crippen LogP contribution is 2.35. The summed E-state index contributed by atoms with van der Waals surface area (Å²) in [6.45, 7) is 8.33. The maximum absolute atomic E-state index is 5.53. The van der Waals surface area contributed by atoms with Crippen molar-refractivity contribution in [3.05, 3.63) is 16.1 Å². The van der Waals surface area contributed by atoms with Crippen molar-refractivity contribution in [2.24, 2.45) is 5.41 Å². The maximum atomic E-state index is 5.53. The van der Waals surface area contributed by atoms with Gasteiger partial charge in [-0.3, -0.25) is 0 Å². The quantitative estimate of drug-likeness (QED) is 0.861. The van der Waals surface area contributed by atoms with Crippen LogP contribution in [0.15, 0.2) is 5.51 Å². The van der Waals surface area contributed by atoms with Crippen molar-refractivity contribution < 1.29 is 4.74 Å². The SMILES string of the molecule is CCNCC1(CCc2scnc2C)CCOCC1. The molecule has 1 N–H and O–H groups in total. The fourth-order valence-corrected chi connectivity index (χ4v) is 3.44. The van der Waals surface area contributed by atoms with Gasteiger partial charge in [-0.2, -0.15) is 0 Å². The molecule has 18 heavy (non-hydrogen) atoms. The van der Waals surface area contributed by atoms with E-state index in [1.807, 2.05) is 5.51 Å². The molecule has 2 heterocycles. The number of nitrogens with zero attached hydrogens (tertiary/aromatic N) is 1. The lowest BCUT2D eigenvalue weighted by Gasteiger charge is -2.37. The molecule has 0 aromatic carbocycles. The van der Waals surface area contributed by atoms with Gasteiger partial charge in [0.15, 0.2) is 0 Å². The number of aryl methyl sites for hydroxylation is 2. The number of thiazole rings is 1. The Morgan fingerprint density at radius 2 is 2.22 bits per heavy atom. The fraction of sp³-hybridized carbons (Fsp3) is 0.786. The minimum absolute atomic E-state index is 0.435. The van der Waals surface area contributed by atoms with Crippen molar-refractivity contribution >= 4 is 11.3 Å². The van der Waals surface area contributed by atoms with Gasteiger partial charge in [0, 0.05) is 24.6 Å². The van der Waals surface area contributed by atoms with Crippen LogP contribution in [0.4, 0.5) is 0 Å². The van der Waals surface area contributed by atoms with Crippen LogP contribution in [0.5, 0.6) is 0 Å². The fourth-order valence-electron chi connectivity index (χ4n) is 2.65. The summed E-state index contributed by atoms with van der Waals surface area (Å²) < 4.78 is 5.53. The van der Waals surface area contributed by atoms with E-state index >= 15 is 0 Å². The Morgan fingerprint density at radius 3 is 2.83 bits per heavy atom. The zero-order chi connectivity index (χ0) is 12.8. The van der Waals surface area contributed by atoms with Gasteiger partial charge in [-0.15, -0.1) is 11.3 Å². The Labute approximate surface area is 114 Å². The lowest BCUT2D eigenvalue weighted by Crippen LogP contribution is -2.39. The Kier molecular flexibility index (Phi) is 5.15. The molecule has 3 nitrogen and oxygen atoms in total. The van der Waals surface area contributed by atoms with E-state index in [4.69, 9.17) is 4.74 Å². The molecule has 1 aliphatic heterocycles. The minimum Gasteiger partial charge on any atom is -0.381 e. The van der Waals surface area contributed by atoms with E-state index < -0.39 is 0 Å². The Bertz CT molecular complexity index is 358. The summed E-state index contributed by atoms with van der Waals surface area (Å²) in [4.78, 5) is 5.80. The first kappa shape index (κ1) is 14.0. The number of aromatic nitrogens is 1. The molecule has 0 unspecified atom stereocenters. The lowest BCUT2D eigenvalue weighted by molar-refractivity contribution is 0.0109. The van der Waals surface area contributed by atoms with E-state index in [9.17, 15) is 0 Å². The number of nitrogens with one attached hydrogen (secondary N) is 1. The van der Waals surface area contributed by atoms with Gasteiger partial charge in [0.2, 0.25) is 0 Å². The van der Waals surface area contributed by atoms with Crippen LogP contribution >= 0.6 is 11.3 Å². The van der Waals surface area contributed by atoms with Crippen LogP contribution in [-0.2, 0) is 11.2 Å². The monoisotopic (exact) mass is 268 g/mol. The van der Waals surface area contributed by atoms with Crippen LogP contribution in [0.25, 0.3) is 0 Å². The molecular formula is C14H24N2OS. The Hall–Kier alpha value is -0.450. The molecule has 1 aliphatic rings. The van der Waals surface area contributed by atoms with Gasteiger partial charge >= 0.3 is 0 Å². The van der Waals surface area contributed by atoms with E-state index in [1.165, 1.54) is 36.3 Å². The molecule has 4 heteroatoms. The summed E-state index contributed by atoms with van der Waals surface area (Å²) >= 11 is 1.80. The number of hydrogen-bond acceptors (Lipinski definition) is 4. The molecule has 0 amide bonds. The second-order valence-corrected chi connectivity index (χ2v) is 6.19. The second kappa shape index (κ2) is 6.64. The van der Waals surface area contributed by atoms with Gasteiger partial charge in [0.1, 0.15) is 0 Å². The molecule has 1 aromatic heterocycles. The molecule has 0 saturated carbocycles. The van der Waals surface area contributed by atoms with Crippen LogP contribution in [0, 0.1) is 12.3 Å². The van der Waals surface area contributed by atoms with Crippen molar-refractivity contribution in [3.8, 4) is 0 Å². The van der Waals surface area contributed by atoms with E-state index in [0.717, 1.165) is 26.3 Å². The Balaban J connectivity index is 1.94. The molecule has 0 aliphatic carbocycles. The molecule has 102 valence electrons. The molecule has 1 aromatic rings. The van der Waals surface area contributed by atoms with Crippen LogP contribution in [0.3, 0.4) is 0 Å². The van der Waals surface area contributed by atoms with Gasteiger partial charge in [0.25, 0.3) is 0 Å². The van der Waals surface area contributed by atoms with Gasteiger partial charge in [-0.25, -0.2) is 4.98 Å². The molecule has 0 bridgehead atoms. The highest BCUT2D eigenvalue weighted by molar-refractivity contribution is 7.09. The van der Waals surface area contributed by atoms with Gasteiger partial charge in [-0.1, -0.05) is 6.92 Å². The number of rotatable bonds is 6. The van der Waals surface area contributed by atoms with Crippen LogP contribution in [0.2, 0.25) is 0 Å². The smallest absolute Gasteiger partial charge is 0.0797 e. The van der Waals surface area contributed by atoms with Gasteiger partial charge < -0.3 is 10.1 Å². The summed E-state index contributed by atoms with van der Waals surface area (Å²) in [7, 11) is 0. The van der Waals surface area contributed by atoms with Crippen molar-refractivity contribution in [1.29, 1.82) is 0 Å². The first-order chi connectivity index (χ1) is 8.76. The number of ether oxygens (including phenoxy) is 1. The first-order valence-corrected chi connectivity index (χ1v) is 7.81. The predicted molar refractivity (Wildman–Crippen MR) is 76.2 cm³/mol. The van der Waals surface area contributed by atoms with Crippen LogP contribution in [0.1, 0.15) is 36.8 Å².